The molecule has 2 aliphatic rings. The lowest BCUT2D eigenvalue weighted by atomic mass is 10.1. The molecule has 1 N–H and O–H groups in total. The van der Waals surface area contributed by atoms with E-state index in [1.54, 1.807) is 31.4 Å². The minimum atomic E-state index is -0.747. The molecular formula is C32H36FN5O3S. The summed E-state index contributed by atoms with van der Waals surface area (Å²) in [6.45, 7) is 6.32. The van der Waals surface area contributed by atoms with E-state index in [4.69, 9.17) is 17.0 Å². The average molecular weight is 590 g/mol. The predicted octanol–water partition coefficient (Wildman–Crippen LogP) is 4.37. The lowest BCUT2D eigenvalue weighted by Gasteiger charge is -2.35. The van der Waals surface area contributed by atoms with Crippen molar-refractivity contribution in [3.63, 3.8) is 0 Å². The number of piperazine rings is 1. The minimum absolute atomic E-state index is 0.0547. The SMILES string of the molecule is COc1ccc(NC(=O)C[C@@H]2C(=O)N(c3ccc(F)cc3)C(=S)N2CCCN2CCN(Cc3ccccc3)CC2)cc1. The summed E-state index contributed by atoms with van der Waals surface area (Å²) < 4.78 is 18.8. The van der Waals surface area contributed by atoms with Gasteiger partial charge < -0.3 is 19.9 Å². The third-order valence-electron chi connectivity index (χ3n) is 7.74. The highest BCUT2D eigenvalue weighted by atomic mass is 32.1. The summed E-state index contributed by atoms with van der Waals surface area (Å²) in [5.74, 6) is -0.289. The Morgan fingerprint density at radius 1 is 0.929 bits per heavy atom. The first-order chi connectivity index (χ1) is 20.4. The quantitative estimate of drug-likeness (QED) is 0.333. The van der Waals surface area contributed by atoms with Gasteiger partial charge in [0.25, 0.3) is 5.91 Å². The number of anilines is 2. The summed E-state index contributed by atoms with van der Waals surface area (Å²) in [4.78, 5) is 34.8. The maximum atomic E-state index is 13.6. The summed E-state index contributed by atoms with van der Waals surface area (Å²) in [7, 11) is 1.58. The first-order valence-corrected chi connectivity index (χ1v) is 14.6. The molecule has 3 aromatic carbocycles. The molecule has 220 valence electrons. The van der Waals surface area contributed by atoms with Crippen LogP contribution < -0.4 is 15.0 Å². The first kappa shape index (κ1) is 29.6. The van der Waals surface area contributed by atoms with E-state index in [1.807, 2.05) is 11.0 Å². The zero-order valence-electron chi connectivity index (χ0n) is 23.7. The Labute approximate surface area is 251 Å². The zero-order valence-corrected chi connectivity index (χ0v) is 24.6. The smallest absolute Gasteiger partial charge is 0.256 e. The van der Waals surface area contributed by atoms with Crippen molar-refractivity contribution < 1.29 is 18.7 Å². The van der Waals surface area contributed by atoms with Gasteiger partial charge in [-0.1, -0.05) is 30.3 Å². The number of benzene rings is 3. The van der Waals surface area contributed by atoms with Gasteiger partial charge in [0.2, 0.25) is 5.91 Å². The summed E-state index contributed by atoms with van der Waals surface area (Å²) in [5, 5.41) is 3.20. The number of methoxy groups -OCH3 is 1. The van der Waals surface area contributed by atoms with E-state index in [1.165, 1.54) is 34.7 Å². The molecule has 5 rings (SSSR count). The van der Waals surface area contributed by atoms with Crippen molar-refractivity contribution in [1.82, 2.24) is 14.7 Å². The molecule has 2 amide bonds. The molecule has 0 radical (unpaired) electrons. The van der Waals surface area contributed by atoms with Crippen LogP contribution in [0.3, 0.4) is 0 Å². The lowest BCUT2D eigenvalue weighted by molar-refractivity contribution is -0.124. The van der Waals surface area contributed by atoms with Crippen molar-refractivity contribution >= 4 is 40.5 Å². The molecule has 0 aromatic heterocycles. The number of hydrogen-bond acceptors (Lipinski definition) is 6. The predicted molar refractivity (Wildman–Crippen MR) is 166 cm³/mol. The molecule has 0 aliphatic carbocycles. The highest BCUT2D eigenvalue weighted by molar-refractivity contribution is 7.80. The first-order valence-electron chi connectivity index (χ1n) is 14.2. The van der Waals surface area contributed by atoms with Gasteiger partial charge in [0.05, 0.1) is 19.2 Å². The van der Waals surface area contributed by atoms with Gasteiger partial charge in [-0.05, 0) is 79.3 Å². The van der Waals surface area contributed by atoms with Crippen LogP contribution in [0.4, 0.5) is 15.8 Å². The Morgan fingerprint density at radius 2 is 1.60 bits per heavy atom. The van der Waals surface area contributed by atoms with E-state index in [0.29, 0.717) is 28.8 Å². The van der Waals surface area contributed by atoms with Gasteiger partial charge in [0.1, 0.15) is 17.6 Å². The van der Waals surface area contributed by atoms with E-state index in [9.17, 15) is 14.0 Å². The fraction of sp³-hybridized carbons (Fsp3) is 0.344. The molecule has 42 heavy (non-hydrogen) atoms. The van der Waals surface area contributed by atoms with Crippen LogP contribution in [0, 0.1) is 5.82 Å². The maximum Gasteiger partial charge on any atom is 0.256 e. The number of hydrogen-bond donors (Lipinski definition) is 1. The lowest BCUT2D eigenvalue weighted by Crippen LogP contribution is -2.47. The van der Waals surface area contributed by atoms with Gasteiger partial charge in [0, 0.05) is 45.0 Å². The summed E-state index contributed by atoms with van der Waals surface area (Å²) >= 11 is 5.76. The van der Waals surface area contributed by atoms with Crippen LogP contribution in [0.5, 0.6) is 5.75 Å². The molecule has 2 saturated heterocycles. The van der Waals surface area contributed by atoms with E-state index >= 15 is 0 Å². The molecule has 2 heterocycles. The molecule has 0 spiro atoms. The zero-order chi connectivity index (χ0) is 29.5. The van der Waals surface area contributed by atoms with Crippen LogP contribution >= 0.6 is 12.2 Å². The Morgan fingerprint density at radius 3 is 2.26 bits per heavy atom. The van der Waals surface area contributed by atoms with E-state index in [-0.39, 0.29) is 18.2 Å². The van der Waals surface area contributed by atoms with Crippen LogP contribution in [-0.4, -0.2) is 84.0 Å². The molecule has 0 bridgehead atoms. The Hall–Kier alpha value is -3.86. The maximum absolute atomic E-state index is 13.6. The number of nitrogens with zero attached hydrogens (tertiary/aromatic N) is 4. The standard InChI is InChI=1S/C32H36FN5O3S/c1-41-28-14-10-26(11-15-28)34-30(39)22-29-31(40)38(27-12-8-25(33)9-13-27)32(42)37(29)17-5-16-35-18-20-36(21-19-35)23-24-6-3-2-4-7-24/h2-4,6-15,29H,5,16-23H2,1H3,(H,34,39)/t29-/m1/s1. The van der Waals surface area contributed by atoms with Crippen molar-refractivity contribution in [2.75, 3.05) is 56.6 Å². The van der Waals surface area contributed by atoms with Crippen LogP contribution in [0.2, 0.25) is 0 Å². The van der Waals surface area contributed by atoms with Crippen LogP contribution in [0.25, 0.3) is 0 Å². The number of carbonyl (C=O) groups is 2. The second-order valence-corrected chi connectivity index (χ2v) is 10.9. The molecule has 8 nitrogen and oxygen atoms in total. The Kier molecular flexibility index (Phi) is 9.78. The van der Waals surface area contributed by atoms with Gasteiger partial charge in [-0.15, -0.1) is 0 Å². The van der Waals surface area contributed by atoms with Crippen molar-refractivity contribution in [2.45, 2.75) is 25.4 Å². The van der Waals surface area contributed by atoms with E-state index in [0.717, 1.165) is 45.7 Å². The summed E-state index contributed by atoms with van der Waals surface area (Å²) in [6.07, 6.45) is 0.737. The van der Waals surface area contributed by atoms with Crippen molar-refractivity contribution in [3.05, 3.63) is 90.2 Å². The summed E-state index contributed by atoms with van der Waals surface area (Å²) in [6, 6.07) is 22.5. The number of amides is 2. The molecule has 0 saturated carbocycles. The highest BCUT2D eigenvalue weighted by Crippen LogP contribution is 2.28. The average Bonchev–Trinajstić information content (AvgIpc) is 3.23. The van der Waals surface area contributed by atoms with Crippen molar-refractivity contribution in [1.29, 1.82) is 0 Å². The van der Waals surface area contributed by atoms with Gasteiger partial charge in [0.15, 0.2) is 5.11 Å². The van der Waals surface area contributed by atoms with Crippen LogP contribution in [0.1, 0.15) is 18.4 Å². The van der Waals surface area contributed by atoms with E-state index in [2.05, 4.69) is 39.4 Å². The second-order valence-electron chi connectivity index (χ2n) is 10.6. The molecule has 0 unspecified atom stereocenters. The number of thiocarbonyl (C=S) groups is 1. The minimum Gasteiger partial charge on any atom is -0.497 e. The molecule has 1 atom stereocenters. The van der Waals surface area contributed by atoms with Crippen molar-refractivity contribution in [2.24, 2.45) is 0 Å². The van der Waals surface area contributed by atoms with Crippen LogP contribution in [-0.2, 0) is 16.1 Å². The highest BCUT2D eigenvalue weighted by Gasteiger charge is 2.44. The monoisotopic (exact) mass is 589 g/mol. The van der Waals surface area contributed by atoms with Gasteiger partial charge in [-0.2, -0.15) is 0 Å². The fourth-order valence-corrected chi connectivity index (χ4v) is 5.87. The van der Waals surface area contributed by atoms with Gasteiger partial charge in [-0.3, -0.25) is 19.4 Å². The number of halogens is 1. The normalized spacial score (nSPS) is 18.0. The number of carbonyl (C=O) groups excluding carboxylic acids is 2. The van der Waals surface area contributed by atoms with Crippen LogP contribution in [0.15, 0.2) is 78.9 Å². The Balaban J connectivity index is 1.20. The second kappa shape index (κ2) is 13.9. The molecule has 3 aromatic rings. The van der Waals surface area contributed by atoms with E-state index < -0.39 is 11.9 Å². The number of rotatable bonds is 11. The third-order valence-corrected chi connectivity index (χ3v) is 8.16. The fourth-order valence-electron chi connectivity index (χ4n) is 5.45. The molecule has 10 heteroatoms. The third kappa shape index (κ3) is 7.31. The molecule has 2 fully saturated rings. The molecule has 2 aliphatic heterocycles. The summed E-state index contributed by atoms with van der Waals surface area (Å²) in [5.41, 5.74) is 2.43. The van der Waals surface area contributed by atoms with Gasteiger partial charge >= 0.3 is 0 Å². The topological polar surface area (TPSA) is 68.4 Å². The molecular weight excluding hydrogens is 553 g/mol. The van der Waals surface area contributed by atoms with Gasteiger partial charge in [-0.25, -0.2) is 4.39 Å². The van der Waals surface area contributed by atoms with Crippen molar-refractivity contribution in [3.8, 4) is 5.75 Å². The number of nitrogens with one attached hydrogen (secondary N) is 1. The Bertz CT molecular complexity index is 1370. The largest absolute Gasteiger partial charge is 0.497 e. The number of ether oxygens (including phenoxy) is 1.